The summed E-state index contributed by atoms with van der Waals surface area (Å²) in [5, 5.41) is 0. The maximum Gasteiger partial charge on any atom is 0.317 e. The zero-order chi connectivity index (χ0) is 15.4. The number of methoxy groups -OCH3 is 1. The summed E-state index contributed by atoms with van der Waals surface area (Å²) in [5.74, 6) is 2.46. The molecule has 0 amide bonds. The van der Waals surface area contributed by atoms with Crippen LogP contribution in [0.4, 0.5) is 0 Å². The molecular weight excluding hydrogens is 300 g/mol. The molecule has 4 fully saturated rings. The second-order valence-corrected chi connectivity index (χ2v) is 8.26. The number of hydrogen-bond acceptors (Lipinski definition) is 3. The zero-order valence-electron chi connectivity index (χ0n) is 12.8. The summed E-state index contributed by atoms with van der Waals surface area (Å²) < 4.78 is 10.8. The minimum atomic E-state index is -0.355. The number of carbonyl (C=O) groups is 1. The quantitative estimate of drug-likeness (QED) is 0.476. The first-order valence-corrected chi connectivity index (χ1v) is 8.43. The minimum Gasteiger partial charge on any atom is -0.497 e. The van der Waals surface area contributed by atoms with Crippen molar-refractivity contribution in [3.63, 3.8) is 0 Å². The standard InChI is InChI=1S/C18H21ClO3/c1-21-14-2-4-15(5-3-14)22-16(20)17-7-12-6-13(8-17)10-18(19,9-12)11-17/h2-5,12-13H,6-11H2,1H3/t12-,13+,17?,18?. The molecule has 2 unspecified atom stereocenters. The van der Waals surface area contributed by atoms with Gasteiger partial charge in [-0.1, -0.05) is 0 Å². The molecule has 5 rings (SSSR count). The molecule has 0 heterocycles. The van der Waals surface area contributed by atoms with Gasteiger partial charge in [-0.2, -0.15) is 0 Å². The molecule has 0 aromatic heterocycles. The molecule has 4 bridgehead atoms. The first-order chi connectivity index (χ1) is 10.5. The fourth-order valence-corrected chi connectivity index (χ4v) is 5.94. The van der Waals surface area contributed by atoms with Gasteiger partial charge in [-0.05, 0) is 74.6 Å². The largest absolute Gasteiger partial charge is 0.497 e. The van der Waals surface area contributed by atoms with E-state index in [9.17, 15) is 4.79 Å². The van der Waals surface area contributed by atoms with E-state index in [1.807, 2.05) is 12.1 Å². The lowest BCUT2D eigenvalue weighted by atomic mass is 9.49. The lowest BCUT2D eigenvalue weighted by molar-refractivity contribution is -0.160. The number of halogens is 1. The first kappa shape index (κ1) is 14.4. The Bertz CT molecular complexity index is 581. The third kappa shape index (κ3) is 2.30. The van der Waals surface area contributed by atoms with Gasteiger partial charge in [-0.15, -0.1) is 11.6 Å². The molecule has 118 valence electrons. The second-order valence-electron chi connectivity index (χ2n) is 7.46. The number of esters is 1. The van der Waals surface area contributed by atoms with Gasteiger partial charge >= 0.3 is 5.97 Å². The molecule has 4 heteroatoms. The topological polar surface area (TPSA) is 35.5 Å². The van der Waals surface area contributed by atoms with Gasteiger partial charge in [-0.25, -0.2) is 0 Å². The minimum absolute atomic E-state index is 0.0863. The van der Waals surface area contributed by atoms with E-state index in [0.29, 0.717) is 17.6 Å². The number of rotatable bonds is 3. The van der Waals surface area contributed by atoms with E-state index in [0.717, 1.165) is 37.9 Å². The van der Waals surface area contributed by atoms with Crippen LogP contribution in [-0.2, 0) is 4.79 Å². The Balaban J connectivity index is 1.54. The van der Waals surface area contributed by atoms with Crippen LogP contribution >= 0.6 is 11.6 Å². The Kier molecular flexibility index (Phi) is 3.19. The molecule has 4 aliphatic carbocycles. The summed E-state index contributed by atoms with van der Waals surface area (Å²) in [7, 11) is 1.62. The average Bonchev–Trinajstić information content (AvgIpc) is 2.45. The molecule has 22 heavy (non-hydrogen) atoms. The van der Waals surface area contributed by atoms with Crippen LogP contribution < -0.4 is 9.47 Å². The lowest BCUT2D eigenvalue weighted by Gasteiger charge is -2.58. The van der Waals surface area contributed by atoms with E-state index in [2.05, 4.69) is 0 Å². The Morgan fingerprint density at radius 3 is 2.23 bits per heavy atom. The van der Waals surface area contributed by atoms with E-state index < -0.39 is 0 Å². The summed E-state index contributed by atoms with van der Waals surface area (Å²) in [6.45, 7) is 0. The SMILES string of the molecule is COc1ccc(OC(=O)C23C[C@@H]4C[C@@H](CC(Cl)(C4)C2)C3)cc1. The molecule has 3 nitrogen and oxygen atoms in total. The molecule has 0 saturated heterocycles. The smallest absolute Gasteiger partial charge is 0.317 e. The Hall–Kier alpha value is -1.22. The summed E-state index contributed by atoms with van der Waals surface area (Å²) in [6.07, 6.45) is 6.07. The third-order valence-electron chi connectivity index (χ3n) is 5.69. The molecule has 0 spiro atoms. The fourth-order valence-electron chi connectivity index (χ4n) is 5.25. The predicted octanol–water partition coefficient (Wildman–Crippen LogP) is 4.18. The fraction of sp³-hybridized carbons (Fsp3) is 0.611. The van der Waals surface area contributed by atoms with Crippen molar-refractivity contribution in [3.8, 4) is 11.5 Å². The van der Waals surface area contributed by atoms with E-state index >= 15 is 0 Å². The molecule has 4 atom stereocenters. The van der Waals surface area contributed by atoms with Crippen molar-refractivity contribution < 1.29 is 14.3 Å². The Labute approximate surface area is 135 Å². The molecule has 1 aromatic rings. The van der Waals surface area contributed by atoms with Gasteiger partial charge in [0.05, 0.1) is 12.5 Å². The molecule has 0 radical (unpaired) electrons. The molecule has 0 N–H and O–H groups in total. The molecule has 0 aliphatic heterocycles. The van der Waals surface area contributed by atoms with E-state index in [4.69, 9.17) is 21.1 Å². The van der Waals surface area contributed by atoms with Gasteiger partial charge in [0.2, 0.25) is 0 Å². The zero-order valence-corrected chi connectivity index (χ0v) is 13.6. The van der Waals surface area contributed by atoms with Crippen LogP contribution in [0, 0.1) is 17.3 Å². The molecule has 1 aromatic carbocycles. The number of hydrogen-bond donors (Lipinski definition) is 0. The highest BCUT2D eigenvalue weighted by Crippen LogP contribution is 2.64. The first-order valence-electron chi connectivity index (χ1n) is 8.06. The molecular formula is C18H21ClO3. The number of ether oxygens (including phenoxy) is 2. The van der Waals surface area contributed by atoms with Gasteiger partial charge in [0, 0.05) is 4.87 Å². The Morgan fingerprint density at radius 2 is 1.68 bits per heavy atom. The summed E-state index contributed by atoms with van der Waals surface area (Å²) in [5.41, 5.74) is -0.355. The predicted molar refractivity (Wildman–Crippen MR) is 84.3 cm³/mol. The van der Waals surface area contributed by atoms with Crippen LogP contribution in [0.25, 0.3) is 0 Å². The van der Waals surface area contributed by atoms with Gasteiger partial charge in [0.25, 0.3) is 0 Å². The van der Waals surface area contributed by atoms with E-state index in [1.165, 1.54) is 6.42 Å². The maximum atomic E-state index is 12.9. The van der Waals surface area contributed by atoms with E-state index in [1.54, 1.807) is 19.2 Å². The van der Waals surface area contributed by atoms with Crippen molar-refractivity contribution >= 4 is 17.6 Å². The van der Waals surface area contributed by atoms with Crippen molar-refractivity contribution in [2.45, 2.75) is 43.4 Å². The third-order valence-corrected chi connectivity index (χ3v) is 6.13. The molecule has 4 aliphatic rings. The van der Waals surface area contributed by atoms with Crippen molar-refractivity contribution in [2.24, 2.45) is 17.3 Å². The number of alkyl halides is 1. The van der Waals surface area contributed by atoms with Gasteiger partial charge in [-0.3, -0.25) is 4.79 Å². The Morgan fingerprint density at radius 1 is 1.09 bits per heavy atom. The normalized spacial score (nSPS) is 38.8. The monoisotopic (exact) mass is 320 g/mol. The summed E-state index contributed by atoms with van der Waals surface area (Å²) in [6, 6.07) is 7.19. The van der Waals surface area contributed by atoms with E-state index in [-0.39, 0.29) is 16.3 Å². The maximum absolute atomic E-state index is 12.9. The summed E-state index contributed by atoms with van der Waals surface area (Å²) in [4.78, 5) is 12.7. The highest BCUT2D eigenvalue weighted by molar-refractivity contribution is 6.24. The van der Waals surface area contributed by atoms with Crippen LogP contribution in [0.3, 0.4) is 0 Å². The van der Waals surface area contributed by atoms with Gasteiger partial charge in [0.15, 0.2) is 0 Å². The van der Waals surface area contributed by atoms with Crippen LogP contribution in [0.1, 0.15) is 38.5 Å². The highest BCUT2D eigenvalue weighted by Gasteiger charge is 2.60. The summed E-state index contributed by atoms with van der Waals surface area (Å²) >= 11 is 6.78. The van der Waals surface area contributed by atoms with Gasteiger partial charge in [0.1, 0.15) is 11.5 Å². The van der Waals surface area contributed by atoms with Crippen molar-refractivity contribution in [3.05, 3.63) is 24.3 Å². The van der Waals surface area contributed by atoms with Crippen LogP contribution in [0.15, 0.2) is 24.3 Å². The second kappa shape index (κ2) is 4.89. The number of benzene rings is 1. The van der Waals surface area contributed by atoms with Crippen molar-refractivity contribution in [1.29, 1.82) is 0 Å². The average molecular weight is 321 g/mol. The van der Waals surface area contributed by atoms with Gasteiger partial charge < -0.3 is 9.47 Å². The number of carbonyl (C=O) groups excluding carboxylic acids is 1. The van der Waals surface area contributed by atoms with Crippen molar-refractivity contribution in [2.75, 3.05) is 7.11 Å². The van der Waals surface area contributed by atoms with Crippen LogP contribution in [0.5, 0.6) is 11.5 Å². The van der Waals surface area contributed by atoms with Crippen molar-refractivity contribution in [1.82, 2.24) is 0 Å². The molecule has 4 saturated carbocycles. The van der Waals surface area contributed by atoms with Crippen LogP contribution in [-0.4, -0.2) is 18.0 Å². The highest BCUT2D eigenvalue weighted by atomic mass is 35.5. The van der Waals surface area contributed by atoms with Crippen LogP contribution in [0.2, 0.25) is 0 Å². The lowest BCUT2D eigenvalue weighted by Crippen LogP contribution is -2.56.